The second kappa shape index (κ2) is 5.62. The van der Waals surface area contributed by atoms with Gasteiger partial charge in [-0.3, -0.25) is 0 Å². The molecule has 0 unspecified atom stereocenters. The van der Waals surface area contributed by atoms with Crippen LogP contribution in [0.1, 0.15) is 46.5 Å². The van der Waals surface area contributed by atoms with Crippen LogP contribution in [0.2, 0.25) is 0 Å². The van der Waals surface area contributed by atoms with Crippen molar-refractivity contribution in [1.82, 2.24) is 5.32 Å². The maximum atomic E-state index is 12.0. The van der Waals surface area contributed by atoms with Gasteiger partial charge < -0.3 is 14.8 Å². The first-order chi connectivity index (χ1) is 9.31. The summed E-state index contributed by atoms with van der Waals surface area (Å²) in [5, 5.41) is 2.73. The lowest BCUT2D eigenvalue weighted by atomic mass is 9.89. The fraction of sp³-hybridized carbons (Fsp3) is 0.867. The summed E-state index contributed by atoms with van der Waals surface area (Å²) in [5.74, 6) is 0.928. The van der Waals surface area contributed by atoms with Gasteiger partial charge >= 0.3 is 12.1 Å². The van der Waals surface area contributed by atoms with E-state index in [2.05, 4.69) is 5.32 Å². The van der Waals surface area contributed by atoms with Crippen molar-refractivity contribution in [3.05, 3.63) is 0 Å². The van der Waals surface area contributed by atoms with E-state index in [0.29, 0.717) is 11.8 Å². The first kappa shape index (κ1) is 15.1. The molecule has 0 saturated heterocycles. The average Bonchev–Trinajstić information content (AvgIpc) is 3.18. The fourth-order valence-corrected chi connectivity index (χ4v) is 2.77. The summed E-state index contributed by atoms with van der Waals surface area (Å²) in [4.78, 5) is 24.0. The second-order valence-corrected chi connectivity index (χ2v) is 6.90. The van der Waals surface area contributed by atoms with Crippen LogP contribution in [0, 0.1) is 17.8 Å². The zero-order valence-electron chi connectivity index (χ0n) is 12.8. The van der Waals surface area contributed by atoms with Crippen LogP contribution in [-0.4, -0.2) is 30.8 Å². The summed E-state index contributed by atoms with van der Waals surface area (Å²) >= 11 is 0. The van der Waals surface area contributed by atoms with E-state index in [1.54, 1.807) is 20.8 Å². The second-order valence-electron chi connectivity index (χ2n) is 6.90. The van der Waals surface area contributed by atoms with Crippen LogP contribution in [-0.2, 0) is 14.3 Å². The lowest BCUT2D eigenvalue weighted by molar-refractivity contribution is -0.145. The minimum absolute atomic E-state index is 0.204. The topological polar surface area (TPSA) is 64.6 Å². The van der Waals surface area contributed by atoms with Crippen molar-refractivity contribution in [1.29, 1.82) is 0 Å². The summed E-state index contributed by atoms with van der Waals surface area (Å²) in [6, 6.07) is -0.574. The molecule has 20 heavy (non-hydrogen) atoms. The van der Waals surface area contributed by atoms with Crippen molar-refractivity contribution in [3.8, 4) is 0 Å². The molecule has 2 saturated carbocycles. The van der Waals surface area contributed by atoms with Gasteiger partial charge in [0, 0.05) is 0 Å². The summed E-state index contributed by atoms with van der Waals surface area (Å²) in [7, 11) is 1.36. The van der Waals surface area contributed by atoms with Gasteiger partial charge in [-0.2, -0.15) is 0 Å². The molecule has 0 aromatic heterocycles. The highest BCUT2D eigenvalue weighted by Gasteiger charge is 2.49. The fourth-order valence-electron chi connectivity index (χ4n) is 2.77. The van der Waals surface area contributed by atoms with E-state index >= 15 is 0 Å². The normalized spacial score (nSPS) is 20.4. The van der Waals surface area contributed by atoms with E-state index in [4.69, 9.17) is 9.47 Å². The zero-order chi connectivity index (χ0) is 14.9. The number of hydrogen-bond acceptors (Lipinski definition) is 4. The number of esters is 1. The van der Waals surface area contributed by atoms with E-state index in [1.807, 2.05) is 0 Å². The van der Waals surface area contributed by atoms with Gasteiger partial charge in [0.15, 0.2) is 0 Å². The number of ether oxygens (including phenoxy) is 2. The van der Waals surface area contributed by atoms with Crippen molar-refractivity contribution in [2.75, 3.05) is 7.11 Å². The Labute approximate surface area is 120 Å². The molecule has 2 rings (SSSR count). The number of carbonyl (C=O) groups is 2. The Bertz CT molecular complexity index is 368. The summed E-state index contributed by atoms with van der Waals surface area (Å²) < 4.78 is 10.1. The molecule has 0 spiro atoms. The molecule has 0 heterocycles. The molecule has 0 bridgehead atoms. The van der Waals surface area contributed by atoms with Gasteiger partial charge in [0.05, 0.1) is 7.11 Å². The molecular formula is C15H25NO4. The third-order valence-corrected chi connectivity index (χ3v) is 3.84. The molecule has 1 amide bonds. The number of methoxy groups -OCH3 is 1. The summed E-state index contributed by atoms with van der Waals surface area (Å²) in [6.45, 7) is 5.41. The Kier molecular flexibility index (Phi) is 4.25. The Morgan fingerprint density at radius 1 is 1.10 bits per heavy atom. The van der Waals surface area contributed by atoms with E-state index < -0.39 is 17.7 Å². The average molecular weight is 283 g/mol. The van der Waals surface area contributed by atoms with E-state index in [-0.39, 0.29) is 11.9 Å². The molecule has 5 nitrogen and oxygen atoms in total. The Morgan fingerprint density at radius 2 is 1.60 bits per heavy atom. The minimum atomic E-state index is -0.574. The van der Waals surface area contributed by atoms with Gasteiger partial charge in [-0.05, 0) is 64.2 Å². The molecule has 2 aliphatic rings. The van der Waals surface area contributed by atoms with Gasteiger partial charge in [-0.25, -0.2) is 9.59 Å². The van der Waals surface area contributed by atoms with E-state index in [0.717, 1.165) is 25.7 Å². The molecule has 1 atom stereocenters. The van der Waals surface area contributed by atoms with E-state index in [9.17, 15) is 9.59 Å². The van der Waals surface area contributed by atoms with Gasteiger partial charge in [-0.1, -0.05) is 0 Å². The molecule has 0 aliphatic heterocycles. The van der Waals surface area contributed by atoms with Gasteiger partial charge in [0.2, 0.25) is 0 Å². The van der Waals surface area contributed by atoms with Gasteiger partial charge in [-0.15, -0.1) is 0 Å². The number of hydrogen-bond donors (Lipinski definition) is 1. The number of alkyl carbamates (subject to hydrolysis) is 1. The number of nitrogens with one attached hydrogen (secondary N) is 1. The van der Waals surface area contributed by atoms with Crippen molar-refractivity contribution in [2.24, 2.45) is 17.8 Å². The number of rotatable bonds is 5. The molecular weight excluding hydrogens is 258 g/mol. The Balaban J connectivity index is 2.03. The molecule has 0 radical (unpaired) electrons. The molecule has 114 valence electrons. The van der Waals surface area contributed by atoms with Crippen molar-refractivity contribution < 1.29 is 19.1 Å². The van der Waals surface area contributed by atoms with Crippen LogP contribution in [0.5, 0.6) is 0 Å². The molecule has 5 heteroatoms. The number of carbonyl (C=O) groups excluding carboxylic acids is 2. The maximum Gasteiger partial charge on any atom is 0.408 e. The molecule has 0 aromatic rings. The minimum Gasteiger partial charge on any atom is -0.467 e. The van der Waals surface area contributed by atoms with Crippen molar-refractivity contribution in [3.63, 3.8) is 0 Å². The largest absolute Gasteiger partial charge is 0.467 e. The van der Waals surface area contributed by atoms with Crippen LogP contribution in [0.4, 0.5) is 4.79 Å². The van der Waals surface area contributed by atoms with Gasteiger partial charge in [0.1, 0.15) is 11.6 Å². The third-order valence-electron chi connectivity index (χ3n) is 3.84. The Morgan fingerprint density at radius 3 is 1.95 bits per heavy atom. The first-order valence-corrected chi connectivity index (χ1v) is 7.39. The molecule has 2 aliphatic carbocycles. The number of amides is 1. The Hall–Kier alpha value is -1.26. The van der Waals surface area contributed by atoms with Crippen LogP contribution in [0.25, 0.3) is 0 Å². The lowest BCUT2D eigenvalue weighted by Gasteiger charge is -2.27. The monoisotopic (exact) mass is 283 g/mol. The third kappa shape index (κ3) is 4.12. The summed E-state index contributed by atoms with van der Waals surface area (Å²) in [6.07, 6.45) is 4.03. The van der Waals surface area contributed by atoms with Crippen LogP contribution in [0.15, 0.2) is 0 Å². The predicted octanol–water partition coefficient (Wildman–Crippen LogP) is 2.49. The standard InChI is InChI=1S/C15H25NO4/c1-15(2,3)20-14(18)16-12(13(17)19-4)11(9-5-6-9)10-7-8-10/h9-12H,5-8H2,1-4H3,(H,16,18)/t12-/m0/s1. The van der Waals surface area contributed by atoms with E-state index in [1.165, 1.54) is 7.11 Å². The highest BCUT2D eigenvalue weighted by molar-refractivity contribution is 5.81. The zero-order valence-corrected chi connectivity index (χ0v) is 12.8. The first-order valence-electron chi connectivity index (χ1n) is 7.39. The van der Waals surface area contributed by atoms with Crippen LogP contribution < -0.4 is 5.32 Å². The molecule has 1 N–H and O–H groups in total. The SMILES string of the molecule is COC(=O)[C@@H](NC(=O)OC(C)(C)C)C(C1CC1)C1CC1. The quantitative estimate of drug-likeness (QED) is 0.787. The highest BCUT2D eigenvalue weighted by Crippen LogP contribution is 2.50. The predicted molar refractivity (Wildman–Crippen MR) is 74.1 cm³/mol. The lowest BCUT2D eigenvalue weighted by Crippen LogP contribution is -2.49. The van der Waals surface area contributed by atoms with Crippen molar-refractivity contribution >= 4 is 12.1 Å². The van der Waals surface area contributed by atoms with Crippen molar-refractivity contribution in [2.45, 2.75) is 58.1 Å². The van der Waals surface area contributed by atoms with Crippen LogP contribution in [0.3, 0.4) is 0 Å². The molecule has 0 aromatic carbocycles. The maximum absolute atomic E-state index is 12.0. The molecule has 2 fully saturated rings. The smallest absolute Gasteiger partial charge is 0.408 e. The van der Waals surface area contributed by atoms with Crippen LogP contribution >= 0.6 is 0 Å². The van der Waals surface area contributed by atoms with Gasteiger partial charge in [0.25, 0.3) is 0 Å². The summed E-state index contributed by atoms with van der Waals surface area (Å²) in [5.41, 5.74) is -0.570. The highest BCUT2D eigenvalue weighted by atomic mass is 16.6.